The highest BCUT2D eigenvalue weighted by Crippen LogP contribution is 2.47. The molecular weight excluding hydrogens is 621 g/mol. The number of nitrogens with zero attached hydrogens (tertiary/aromatic N) is 4. The Balaban J connectivity index is 1.18. The topological polar surface area (TPSA) is 51.6 Å². The number of aryl methyl sites for hydroxylation is 1. The normalized spacial score (nSPS) is 16.2. The third kappa shape index (κ3) is 5.79. The number of aromatic nitrogens is 4. The maximum absolute atomic E-state index is 5.13. The number of rotatable bonds is 6. The summed E-state index contributed by atoms with van der Waals surface area (Å²) in [4.78, 5) is 19.7. The van der Waals surface area contributed by atoms with Crippen LogP contribution in [0, 0.1) is 6.92 Å². The molecule has 0 amide bonds. The van der Waals surface area contributed by atoms with E-state index in [-0.39, 0.29) is 5.92 Å². The van der Waals surface area contributed by atoms with Crippen LogP contribution in [0.5, 0.6) is 0 Å². The van der Waals surface area contributed by atoms with Crippen LogP contribution in [0.4, 0.5) is 0 Å². The van der Waals surface area contributed by atoms with Crippen LogP contribution in [-0.4, -0.2) is 19.9 Å². The summed E-state index contributed by atoms with van der Waals surface area (Å²) in [7, 11) is 0. The van der Waals surface area contributed by atoms with Crippen molar-refractivity contribution in [1.82, 2.24) is 19.9 Å². The highest BCUT2D eigenvalue weighted by Gasteiger charge is 2.27. The van der Waals surface area contributed by atoms with Crippen molar-refractivity contribution in [3.05, 3.63) is 192 Å². The fraction of sp³-hybridized carbons (Fsp3) is 0.106. The smallest absolute Gasteiger partial charge is 0.164 e. The van der Waals surface area contributed by atoms with Gasteiger partial charge in [-0.1, -0.05) is 140 Å². The molecule has 0 N–H and O–H groups in total. The van der Waals surface area contributed by atoms with E-state index in [1.54, 1.807) is 0 Å². The first kappa shape index (κ1) is 30.8. The van der Waals surface area contributed by atoms with Gasteiger partial charge in [-0.2, -0.15) is 0 Å². The first-order valence-corrected chi connectivity index (χ1v) is 17.6. The van der Waals surface area contributed by atoms with Gasteiger partial charge in [0.25, 0.3) is 0 Å². The van der Waals surface area contributed by atoms with Crippen LogP contribution in [0.2, 0.25) is 0 Å². The standard InChI is InChI=1S/C47H36N4/c1-30-40-16-9-10-17-43(40)44-29-36(23-24-41(30)44)38-26-37(32-19-21-33(22-20-32)42-18-11-25-48-31(42)2)27-39(28-38)47-50-45(34-12-5-3-6-13-34)49-46(51-47)35-14-7-4-8-15-35/h3-25,27-30,37H,26H2,1-2H3. The van der Waals surface area contributed by atoms with Crippen LogP contribution in [0.15, 0.2) is 158 Å². The summed E-state index contributed by atoms with van der Waals surface area (Å²) < 4.78 is 0. The largest absolute Gasteiger partial charge is 0.261 e. The van der Waals surface area contributed by atoms with Crippen molar-refractivity contribution in [2.45, 2.75) is 32.1 Å². The minimum absolute atomic E-state index is 0.126. The van der Waals surface area contributed by atoms with E-state index in [0.717, 1.165) is 34.4 Å². The van der Waals surface area contributed by atoms with Gasteiger partial charge < -0.3 is 0 Å². The van der Waals surface area contributed by atoms with E-state index in [0.29, 0.717) is 23.4 Å². The van der Waals surface area contributed by atoms with Gasteiger partial charge in [-0.15, -0.1) is 0 Å². The van der Waals surface area contributed by atoms with E-state index in [2.05, 4.69) is 128 Å². The lowest BCUT2D eigenvalue weighted by Crippen LogP contribution is -2.08. The zero-order valence-electron chi connectivity index (χ0n) is 28.7. The fourth-order valence-corrected chi connectivity index (χ4v) is 7.65. The molecule has 2 aromatic heterocycles. The van der Waals surface area contributed by atoms with Crippen LogP contribution < -0.4 is 0 Å². The third-order valence-electron chi connectivity index (χ3n) is 10.4. The van der Waals surface area contributed by atoms with Gasteiger partial charge in [-0.05, 0) is 76.1 Å². The van der Waals surface area contributed by atoms with Crippen LogP contribution >= 0.6 is 0 Å². The average Bonchev–Trinajstić information content (AvgIpc) is 3.49. The predicted molar refractivity (Wildman–Crippen MR) is 208 cm³/mol. The van der Waals surface area contributed by atoms with Gasteiger partial charge in [0.15, 0.2) is 17.5 Å². The molecule has 2 aliphatic rings. The molecule has 0 saturated carbocycles. The zero-order valence-corrected chi connectivity index (χ0v) is 28.7. The quantitative estimate of drug-likeness (QED) is 0.179. The van der Waals surface area contributed by atoms with Crippen molar-refractivity contribution in [3.8, 4) is 45.0 Å². The molecule has 0 saturated heterocycles. The van der Waals surface area contributed by atoms with E-state index >= 15 is 0 Å². The number of allylic oxidation sites excluding steroid dienone is 4. The molecule has 5 aromatic carbocycles. The number of hydrogen-bond acceptors (Lipinski definition) is 4. The van der Waals surface area contributed by atoms with E-state index < -0.39 is 0 Å². The van der Waals surface area contributed by atoms with Crippen molar-refractivity contribution in [1.29, 1.82) is 0 Å². The van der Waals surface area contributed by atoms with Crippen LogP contribution in [-0.2, 0) is 0 Å². The van der Waals surface area contributed by atoms with E-state index in [9.17, 15) is 0 Å². The Morgan fingerprint density at radius 2 is 1.14 bits per heavy atom. The van der Waals surface area contributed by atoms with Gasteiger partial charge in [-0.25, -0.2) is 15.0 Å². The molecule has 2 unspecified atom stereocenters. The van der Waals surface area contributed by atoms with Gasteiger partial charge in [-0.3, -0.25) is 4.98 Å². The summed E-state index contributed by atoms with van der Waals surface area (Å²) in [6, 6.07) is 49.4. The molecule has 0 bridgehead atoms. The minimum atomic E-state index is 0.126. The second kappa shape index (κ2) is 12.9. The monoisotopic (exact) mass is 656 g/mol. The average molecular weight is 657 g/mol. The van der Waals surface area contributed by atoms with E-state index in [4.69, 9.17) is 15.0 Å². The van der Waals surface area contributed by atoms with Gasteiger partial charge in [0, 0.05) is 46.0 Å². The second-order valence-corrected chi connectivity index (χ2v) is 13.5. The molecule has 2 atom stereocenters. The van der Waals surface area contributed by atoms with Crippen molar-refractivity contribution in [2.24, 2.45) is 0 Å². The Morgan fingerprint density at radius 3 is 1.84 bits per heavy atom. The maximum Gasteiger partial charge on any atom is 0.164 e. The lowest BCUT2D eigenvalue weighted by Gasteiger charge is -2.23. The summed E-state index contributed by atoms with van der Waals surface area (Å²) in [5, 5.41) is 0. The number of hydrogen-bond donors (Lipinski definition) is 0. The maximum atomic E-state index is 5.13. The third-order valence-corrected chi connectivity index (χ3v) is 10.4. The Kier molecular flexibility index (Phi) is 7.78. The lowest BCUT2D eigenvalue weighted by atomic mass is 9.81. The van der Waals surface area contributed by atoms with Crippen molar-refractivity contribution in [3.63, 3.8) is 0 Å². The molecule has 2 aliphatic carbocycles. The predicted octanol–water partition coefficient (Wildman–Crippen LogP) is 11.4. The van der Waals surface area contributed by atoms with Gasteiger partial charge in [0.1, 0.15) is 0 Å². The molecule has 244 valence electrons. The number of benzene rings is 5. The van der Waals surface area contributed by atoms with Gasteiger partial charge in [0.2, 0.25) is 0 Å². The van der Waals surface area contributed by atoms with Gasteiger partial charge in [0.05, 0.1) is 0 Å². The Bertz CT molecular complexity index is 2400. The molecule has 4 heteroatoms. The van der Waals surface area contributed by atoms with Gasteiger partial charge >= 0.3 is 0 Å². The molecule has 4 nitrogen and oxygen atoms in total. The highest BCUT2D eigenvalue weighted by molar-refractivity contribution is 5.88. The molecule has 7 aromatic rings. The molecule has 0 fully saturated rings. The Labute approximate surface area is 299 Å². The molecule has 0 spiro atoms. The van der Waals surface area contributed by atoms with Crippen molar-refractivity contribution < 1.29 is 0 Å². The van der Waals surface area contributed by atoms with E-state index in [1.807, 2.05) is 48.7 Å². The minimum Gasteiger partial charge on any atom is -0.261 e. The molecule has 51 heavy (non-hydrogen) atoms. The summed E-state index contributed by atoms with van der Waals surface area (Å²) in [5.74, 6) is 2.51. The summed E-state index contributed by atoms with van der Waals surface area (Å²) in [5.41, 5.74) is 15.5. The SMILES string of the molecule is Cc1ncccc1-c1ccc(C2C=C(c3nc(-c4ccccc4)nc(-c4ccccc4)n3)C=C(c3ccc4c(c3)-c3ccccc3C4C)C2)cc1. The summed E-state index contributed by atoms with van der Waals surface area (Å²) in [6.45, 7) is 4.38. The van der Waals surface area contributed by atoms with Crippen molar-refractivity contribution >= 4 is 11.1 Å². The summed E-state index contributed by atoms with van der Waals surface area (Å²) >= 11 is 0. The summed E-state index contributed by atoms with van der Waals surface area (Å²) in [6.07, 6.45) is 7.36. The van der Waals surface area contributed by atoms with Crippen molar-refractivity contribution in [2.75, 3.05) is 0 Å². The number of pyridine rings is 1. The molecule has 0 aliphatic heterocycles. The fourth-order valence-electron chi connectivity index (χ4n) is 7.65. The lowest BCUT2D eigenvalue weighted by molar-refractivity contribution is 0.867. The number of fused-ring (bicyclic) bond motifs is 3. The van der Waals surface area contributed by atoms with E-state index in [1.165, 1.54) is 44.5 Å². The first-order chi connectivity index (χ1) is 25.1. The van der Waals surface area contributed by atoms with Crippen LogP contribution in [0.1, 0.15) is 59.0 Å². The first-order valence-electron chi connectivity index (χ1n) is 17.6. The van der Waals surface area contributed by atoms with Crippen LogP contribution in [0.25, 0.3) is 56.2 Å². The molecular formula is C47H36N4. The molecule has 2 heterocycles. The Morgan fingerprint density at radius 1 is 0.529 bits per heavy atom. The highest BCUT2D eigenvalue weighted by atomic mass is 15.0. The molecule has 0 radical (unpaired) electrons. The zero-order chi connectivity index (χ0) is 34.3. The second-order valence-electron chi connectivity index (χ2n) is 13.5. The molecule has 9 rings (SSSR count). The van der Waals surface area contributed by atoms with Crippen LogP contribution in [0.3, 0.4) is 0 Å². The Hall–Kier alpha value is -6.26.